The van der Waals surface area contributed by atoms with Crippen molar-refractivity contribution in [3.63, 3.8) is 0 Å². The molecule has 0 saturated heterocycles. The van der Waals surface area contributed by atoms with Crippen LogP contribution in [0.4, 0.5) is 0 Å². The average Bonchev–Trinajstić information content (AvgIpc) is 2.61. The van der Waals surface area contributed by atoms with Crippen molar-refractivity contribution in [2.75, 3.05) is 5.75 Å². The Morgan fingerprint density at radius 2 is 2.06 bits per heavy atom. The summed E-state index contributed by atoms with van der Waals surface area (Å²) in [6.07, 6.45) is 2.49. The highest BCUT2D eigenvalue weighted by Crippen LogP contribution is 2.12. The van der Waals surface area contributed by atoms with E-state index in [0.29, 0.717) is 5.02 Å². The second-order valence-corrected chi connectivity index (χ2v) is 5.96. The van der Waals surface area contributed by atoms with Gasteiger partial charge in [-0.15, -0.1) is 0 Å². The van der Waals surface area contributed by atoms with Crippen molar-refractivity contribution in [3.8, 4) is 0 Å². The molecule has 0 amide bonds. The van der Waals surface area contributed by atoms with Crippen LogP contribution in [-0.4, -0.2) is 26.5 Å². The van der Waals surface area contributed by atoms with Gasteiger partial charge in [-0.05, 0) is 23.8 Å². The Kier molecular flexibility index (Phi) is 3.49. The van der Waals surface area contributed by atoms with E-state index >= 15 is 0 Å². The summed E-state index contributed by atoms with van der Waals surface area (Å²) in [5, 5.41) is 5.53. The molecule has 2 rings (SSSR count). The van der Waals surface area contributed by atoms with Gasteiger partial charge >= 0.3 is 0 Å². The number of rotatable bonds is 3. The van der Waals surface area contributed by atoms with Crippen LogP contribution < -0.4 is 0 Å². The van der Waals surface area contributed by atoms with E-state index in [4.69, 9.17) is 16.4 Å². The predicted molar refractivity (Wildman–Crippen MR) is 66.8 cm³/mol. The van der Waals surface area contributed by atoms with Gasteiger partial charge in [0.15, 0.2) is 15.9 Å². The fourth-order valence-corrected chi connectivity index (χ4v) is 2.61. The second kappa shape index (κ2) is 4.89. The molecule has 17 heavy (non-hydrogen) atoms. The molecule has 0 spiro atoms. The van der Waals surface area contributed by atoms with Gasteiger partial charge in [0.1, 0.15) is 0 Å². The molecule has 0 fully saturated rings. The fourth-order valence-electron chi connectivity index (χ4n) is 1.33. The van der Waals surface area contributed by atoms with Crippen molar-refractivity contribution in [3.05, 3.63) is 46.3 Å². The van der Waals surface area contributed by atoms with Gasteiger partial charge in [-0.2, -0.15) is 0 Å². The molecule has 0 N–H and O–H groups in total. The summed E-state index contributed by atoms with van der Waals surface area (Å²) in [5.74, 6) is -0.0506. The summed E-state index contributed by atoms with van der Waals surface area (Å²) in [6.45, 7) is 0. The molecule has 0 aromatic heterocycles. The summed E-state index contributed by atoms with van der Waals surface area (Å²) in [5.41, 5.74) is 0.833. The van der Waals surface area contributed by atoms with Crippen LogP contribution in [0.25, 0.3) is 0 Å². The molecule has 90 valence electrons. The van der Waals surface area contributed by atoms with Crippen molar-refractivity contribution in [1.82, 2.24) is 0 Å². The van der Waals surface area contributed by atoms with Crippen LogP contribution in [0.1, 0.15) is 5.56 Å². The van der Waals surface area contributed by atoms with Crippen molar-refractivity contribution in [2.45, 2.75) is 6.10 Å². The third kappa shape index (κ3) is 3.57. The zero-order valence-electron chi connectivity index (χ0n) is 8.78. The van der Waals surface area contributed by atoms with Crippen molar-refractivity contribution >= 4 is 27.7 Å². The molecule has 1 aliphatic heterocycles. The van der Waals surface area contributed by atoms with Gasteiger partial charge in [-0.1, -0.05) is 28.9 Å². The van der Waals surface area contributed by atoms with Crippen LogP contribution in [0.15, 0.2) is 40.9 Å². The lowest BCUT2D eigenvalue weighted by Gasteiger charge is -2.03. The van der Waals surface area contributed by atoms with E-state index in [9.17, 15) is 8.42 Å². The average molecular weight is 272 g/mol. The minimum absolute atomic E-state index is 0.0506. The minimum Gasteiger partial charge on any atom is -0.387 e. The Labute approximate surface area is 104 Å². The maximum atomic E-state index is 11.1. The molecule has 6 heteroatoms. The molecule has 0 saturated carbocycles. The van der Waals surface area contributed by atoms with Gasteiger partial charge in [-0.3, -0.25) is 0 Å². The number of halogens is 1. The smallest absolute Gasteiger partial charge is 0.175 e. The maximum Gasteiger partial charge on any atom is 0.175 e. The summed E-state index contributed by atoms with van der Waals surface area (Å²) in [4.78, 5) is 5.04. The van der Waals surface area contributed by atoms with Crippen molar-refractivity contribution in [2.24, 2.45) is 5.16 Å². The van der Waals surface area contributed by atoms with Gasteiger partial charge in [0.05, 0.1) is 12.0 Å². The number of hydrogen-bond acceptors (Lipinski definition) is 4. The standard InChI is InChI=1S/C11H10ClNO3S/c12-10-3-1-9(2-4-10)7-13-16-11-5-6-17(14,15)8-11/h1-7,11H,8H2/b13-7+. The normalized spacial score (nSPS) is 22.1. The summed E-state index contributed by atoms with van der Waals surface area (Å²) >= 11 is 5.73. The number of benzene rings is 1. The van der Waals surface area contributed by atoms with Crippen LogP contribution in [0.5, 0.6) is 0 Å². The molecule has 0 radical (unpaired) electrons. The molecular weight excluding hydrogens is 262 g/mol. The Morgan fingerprint density at radius 1 is 1.35 bits per heavy atom. The predicted octanol–water partition coefficient (Wildman–Crippen LogP) is 2.00. The van der Waals surface area contributed by atoms with Gasteiger partial charge in [-0.25, -0.2) is 8.42 Å². The Balaban J connectivity index is 1.91. The Bertz CT molecular complexity index is 549. The van der Waals surface area contributed by atoms with Crippen LogP contribution in [0.3, 0.4) is 0 Å². The van der Waals surface area contributed by atoms with Crippen molar-refractivity contribution < 1.29 is 13.3 Å². The first-order valence-electron chi connectivity index (χ1n) is 4.91. The number of sulfone groups is 1. The minimum atomic E-state index is -3.09. The molecule has 1 aromatic rings. The van der Waals surface area contributed by atoms with Crippen LogP contribution >= 0.6 is 11.6 Å². The van der Waals surface area contributed by atoms with Crippen LogP contribution in [0, 0.1) is 0 Å². The molecule has 1 aliphatic rings. The molecule has 0 aliphatic carbocycles. The molecule has 1 unspecified atom stereocenters. The zero-order chi connectivity index (χ0) is 12.3. The Morgan fingerprint density at radius 3 is 2.65 bits per heavy atom. The first kappa shape index (κ1) is 12.1. The summed E-state index contributed by atoms with van der Waals surface area (Å²) < 4.78 is 22.2. The topological polar surface area (TPSA) is 55.7 Å². The quantitative estimate of drug-likeness (QED) is 0.624. The lowest BCUT2D eigenvalue weighted by molar-refractivity contribution is 0.111. The molecule has 1 heterocycles. The molecule has 0 bridgehead atoms. The third-order valence-corrected chi connectivity index (χ3v) is 3.78. The third-order valence-electron chi connectivity index (χ3n) is 2.17. The SMILES string of the molecule is O=S1(=O)C=CC(O/N=C/c2ccc(Cl)cc2)C1. The van der Waals surface area contributed by atoms with Gasteiger partial charge in [0.2, 0.25) is 0 Å². The molecule has 1 aromatic carbocycles. The molecule has 4 nitrogen and oxygen atoms in total. The van der Waals surface area contributed by atoms with E-state index in [1.54, 1.807) is 24.3 Å². The summed E-state index contributed by atoms with van der Waals surface area (Å²) in [7, 11) is -3.09. The first-order chi connectivity index (χ1) is 8.05. The lowest BCUT2D eigenvalue weighted by Crippen LogP contribution is -2.12. The van der Waals surface area contributed by atoms with Gasteiger partial charge in [0.25, 0.3) is 0 Å². The highest BCUT2D eigenvalue weighted by molar-refractivity contribution is 7.94. The number of hydrogen-bond donors (Lipinski definition) is 0. The largest absolute Gasteiger partial charge is 0.387 e. The van der Waals surface area contributed by atoms with Crippen molar-refractivity contribution in [1.29, 1.82) is 0 Å². The first-order valence-corrected chi connectivity index (χ1v) is 7.00. The van der Waals surface area contributed by atoms with E-state index in [1.165, 1.54) is 12.3 Å². The Hall–Kier alpha value is -1.33. The number of oxime groups is 1. The van der Waals surface area contributed by atoms with Crippen LogP contribution in [0.2, 0.25) is 5.02 Å². The lowest BCUT2D eigenvalue weighted by atomic mass is 10.2. The van der Waals surface area contributed by atoms with E-state index in [0.717, 1.165) is 11.0 Å². The second-order valence-electron chi connectivity index (χ2n) is 3.59. The van der Waals surface area contributed by atoms with Gasteiger partial charge in [0, 0.05) is 10.4 Å². The van der Waals surface area contributed by atoms with E-state index in [2.05, 4.69) is 5.16 Å². The molecule has 1 atom stereocenters. The van der Waals surface area contributed by atoms with E-state index < -0.39 is 15.9 Å². The number of nitrogens with zero attached hydrogens (tertiary/aromatic N) is 1. The fraction of sp³-hybridized carbons (Fsp3) is 0.182. The van der Waals surface area contributed by atoms with E-state index in [-0.39, 0.29) is 5.75 Å². The molecular formula is C11H10ClNO3S. The van der Waals surface area contributed by atoms with Crippen LogP contribution in [-0.2, 0) is 14.7 Å². The van der Waals surface area contributed by atoms with Gasteiger partial charge < -0.3 is 4.84 Å². The monoisotopic (exact) mass is 271 g/mol. The maximum absolute atomic E-state index is 11.1. The highest BCUT2D eigenvalue weighted by atomic mass is 35.5. The zero-order valence-corrected chi connectivity index (χ0v) is 10.4. The van der Waals surface area contributed by atoms with E-state index in [1.807, 2.05) is 0 Å². The summed E-state index contributed by atoms with van der Waals surface area (Å²) in [6, 6.07) is 7.05. The highest BCUT2D eigenvalue weighted by Gasteiger charge is 2.22.